The molecule has 4 aliphatic rings. The number of aliphatic hydroxyl groups is 1. The lowest BCUT2D eigenvalue weighted by Gasteiger charge is -2.58. The lowest BCUT2D eigenvalue weighted by Crippen LogP contribution is -2.55. The van der Waals surface area contributed by atoms with Gasteiger partial charge in [0.1, 0.15) is 5.78 Å². The minimum atomic E-state index is -0.513. The maximum atomic E-state index is 12.2. The number of Topliss-reactive ketones (excluding diaryl/α,β-unsaturated/α-hetero) is 1. The molecule has 142 valence electrons. The molecule has 4 aliphatic carbocycles. The van der Waals surface area contributed by atoms with Crippen molar-refractivity contribution in [2.75, 3.05) is 7.11 Å². The molecule has 1 N–H and O–H groups in total. The quantitative estimate of drug-likeness (QED) is 0.813. The van der Waals surface area contributed by atoms with E-state index in [1.165, 1.54) is 19.3 Å². The van der Waals surface area contributed by atoms with Crippen molar-refractivity contribution in [3.05, 3.63) is 0 Å². The van der Waals surface area contributed by atoms with Gasteiger partial charge in [-0.15, -0.1) is 0 Å². The lowest BCUT2D eigenvalue weighted by molar-refractivity contribution is -0.154. The van der Waals surface area contributed by atoms with Crippen molar-refractivity contribution in [2.45, 2.75) is 83.8 Å². The molecule has 25 heavy (non-hydrogen) atoms. The summed E-state index contributed by atoms with van der Waals surface area (Å²) < 4.78 is 5.98. The van der Waals surface area contributed by atoms with Crippen molar-refractivity contribution in [1.82, 2.24) is 0 Å². The zero-order chi connectivity index (χ0) is 18.0. The van der Waals surface area contributed by atoms with Crippen LogP contribution in [0.4, 0.5) is 0 Å². The number of rotatable bonds is 2. The number of fused-ring (bicyclic) bond motifs is 5. The molecule has 9 atom stereocenters. The van der Waals surface area contributed by atoms with Crippen LogP contribution in [-0.2, 0) is 9.53 Å². The van der Waals surface area contributed by atoms with E-state index < -0.39 is 5.60 Å². The number of hydrogen-bond acceptors (Lipinski definition) is 3. The van der Waals surface area contributed by atoms with E-state index in [-0.39, 0.29) is 17.4 Å². The van der Waals surface area contributed by atoms with Gasteiger partial charge in [-0.2, -0.15) is 0 Å². The van der Waals surface area contributed by atoms with Crippen LogP contribution in [0.15, 0.2) is 0 Å². The van der Waals surface area contributed by atoms with Crippen LogP contribution < -0.4 is 0 Å². The van der Waals surface area contributed by atoms with Crippen molar-refractivity contribution in [3.8, 4) is 0 Å². The molecule has 3 heteroatoms. The summed E-state index contributed by atoms with van der Waals surface area (Å²) in [4.78, 5) is 12.2. The van der Waals surface area contributed by atoms with E-state index >= 15 is 0 Å². The fourth-order valence-corrected chi connectivity index (χ4v) is 7.96. The smallest absolute Gasteiger partial charge is 0.133 e. The van der Waals surface area contributed by atoms with Crippen molar-refractivity contribution in [3.63, 3.8) is 0 Å². The predicted molar refractivity (Wildman–Crippen MR) is 98.1 cm³/mol. The molecule has 0 aromatic rings. The molecule has 0 unspecified atom stereocenters. The van der Waals surface area contributed by atoms with Gasteiger partial charge in [0.05, 0.1) is 11.7 Å². The number of methoxy groups -OCH3 is 1. The number of ketones is 1. The molecule has 0 aliphatic heterocycles. The topological polar surface area (TPSA) is 46.5 Å². The van der Waals surface area contributed by atoms with Gasteiger partial charge in [0.15, 0.2) is 0 Å². The van der Waals surface area contributed by atoms with Gasteiger partial charge in [-0.3, -0.25) is 4.79 Å². The highest BCUT2D eigenvalue weighted by Crippen LogP contribution is 2.64. The second kappa shape index (κ2) is 6.05. The lowest BCUT2D eigenvalue weighted by atomic mass is 9.48. The molecular weight excluding hydrogens is 312 g/mol. The first-order chi connectivity index (χ1) is 11.8. The normalized spacial score (nSPS) is 55.2. The minimum Gasteiger partial charge on any atom is -0.390 e. The second-order valence-electron chi connectivity index (χ2n) is 10.3. The summed E-state index contributed by atoms with van der Waals surface area (Å²) in [7, 11) is 1.86. The third-order valence-electron chi connectivity index (χ3n) is 9.06. The van der Waals surface area contributed by atoms with Crippen molar-refractivity contribution in [1.29, 1.82) is 0 Å². The van der Waals surface area contributed by atoms with Crippen molar-refractivity contribution < 1.29 is 14.6 Å². The first kappa shape index (κ1) is 18.0. The monoisotopic (exact) mass is 348 g/mol. The predicted octanol–water partition coefficient (Wildman–Crippen LogP) is 4.22. The molecule has 0 saturated heterocycles. The minimum absolute atomic E-state index is 0.221. The summed E-state index contributed by atoms with van der Waals surface area (Å²) >= 11 is 0. The molecule has 4 rings (SSSR count). The Balaban J connectivity index is 1.61. The molecule has 0 aromatic carbocycles. The van der Waals surface area contributed by atoms with Gasteiger partial charge in [0.25, 0.3) is 0 Å². The fourth-order valence-electron chi connectivity index (χ4n) is 7.96. The molecule has 4 fully saturated rings. The molecule has 0 heterocycles. The third kappa shape index (κ3) is 2.72. The van der Waals surface area contributed by atoms with Crippen LogP contribution in [0.1, 0.15) is 72.1 Å². The molecule has 0 aromatic heterocycles. The summed E-state index contributed by atoms with van der Waals surface area (Å²) in [6, 6.07) is 0. The maximum Gasteiger partial charge on any atom is 0.133 e. The molecule has 0 radical (unpaired) electrons. The maximum absolute atomic E-state index is 12.2. The van der Waals surface area contributed by atoms with Crippen LogP contribution in [0.5, 0.6) is 0 Å². The highest BCUT2D eigenvalue weighted by atomic mass is 16.5. The Morgan fingerprint density at radius 2 is 1.68 bits per heavy atom. The Morgan fingerprint density at radius 3 is 2.36 bits per heavy atom. The molecule has 0 bridgehead atoms. The summed E-state index contributed by atoms with van der Waals surface area (Å²) in [6.45, 7) is 6.23. The van der Waals surface area contributed by atoms with E-state index in [9.17, 15) is 9.90 Å². The molecule has 0 spiro atoms. The zero-order valence-electron chi connectivity index (χ0n) is 16.5. The van der Waals surface area contributed by atoms with E-state index in [1.54, 1.807) is 0 Å². The van der Waals surface area contributed by atoms with Crippen LogP contribution in [0.2, 0.25) is 0 Å². The third-order valence-corrected chi connectivity index (χ3v) is 9.06. The van der Waals surface area contributed by atoms with E-state index in [0.29, 0.717) is 23.5 Å². The fraction of sp³-hybridized carbons (Fsp3) is 0.955. The zero-order valence-corrected chi connectivity index (χ0v) is 16.5. The van der Waals surface area contributed by atoms with E-state index in [0.717, 1.165) is 43.9 Å². The molecule has 0 amide bonds. The number of ether oxygens (including phenoxy) is 1. The van der Waals surface area contributed by atoms with E-state index in [1.807, 2.05) is 21.0 Å². The Labute approximate surface area is 152 Å². The summed E-state index contributed by atoms with van der Waals surface area (Å²) in [5.74, 6) is 4.13. The number of carbonyl (C=O) groups excluding carboxylic acids is 1. The average Bonchev–Trinajstić information content (AvgIpc) is 2.90. The van der Waals surface area contributed by atoms with Crippen LogP contribution in [0, 0.1) is 40.9 Å². The van der Waals surface area contributed by atoms with Gasteiger partial charge in [-0.05, 0) is 100 Å². The first-order valence-corrected chi connectivity index (χ1v) is 10.5. The Kier molecular flexibility index (Phi) is 4.35. The number of carbonyl (C=O) groups is 1. The highest BCUT2D eigenvalue weighted by molar-refractivity contribution is 5.79. The van der Waals surface area contributed by atoms with Crippen LogP contribution >= 0.6 is 0 Å². The highest BCUT2D eigenvalue weighted by Gasteiger charge is 2.60. The van der Waals surface area contributed by atoms with Crippen molar-refractivity contribution in [2.24, 2.45) is 40.9 Å². The Hall–Kier alpha value is -0.410. The van der Waals surface area contributed by atoms with E-state index in [4.69, 9.17) is 4.74 Å². The van der Waals surface area contributed by atoms with Gasteiger partial charge in [0, 0.05) is 13.0 Å². The van der Waals surface area contributed by atoms with Crippen LogP contribution in [0.3, 0.4) is 0 Å². The average molecular weight is 349 g/mol. The van der Waals surface area contributed by atoms with Crippen LogP contribution in [-0.4, -0.2) is 29.7 Å². The first-order valence-electron chi connectivity index (χ1n) is 10.5. The molecule has 3 nitrogen and oxygen atoms in total. The second-order valence-corrected chi connectivity index (χ2v) is 10.3. The van der Waals surface area contributed by atoms with Gasteiger partial charge in [-0.1, -0.05) is 6.92 Å². The van der Waals surface area contributed by atoms with Crippen LogP contribution in [0.25, 0.3) is 0 Å². The summed E-state index contributed by atoms with van der Waals surface area (Å²) in [5, 5.41) is 10.6. The van der Waals surface area contributed by atoms with Gasteiger partial charge in [0.2, 0.25) is 0 Å². The molecular formula is C22H36O3. The summed E-state index contributed by atoms with van der Waals surface area (Å²) in [6.07, 6.45) is 9.25. The van der Waals surface area contributed by atoms with Gasteiger partial charge in [-0.25, -0.2) is 0 Å². The Morgan fingerprint density at radius 1 is 1.00 bits per heavy atom. The number of hydrogen-bond donors (Lipinski definition) is 1. The van der Waals surface area contributed by atoms with Gasteiger partial charge >= 0.3 is 0 Å². The summed E-state index contributed by atoms with van der Waals surface area (Å²) in [5.41, 5.74) is -0.292. The SMILES string of the molecule is CO[C@@H]1C[C@@H]2[C@H](CC[C@]3(C)[C@@H](C(C)=O)CC[C@@H]23)[C@H]2CC[C@@](C)(O)C[C@H]21. The largest absolute Gasteiger partial charge is 0.390 e. The van der Waals surface area contributed by atoms with Crippen molar-refractivity contribution >= 4 is 5.78 Å². The standard InChI is InChI=1S/C22H36O3/c1-13(23)18-5-6-19-16-11-20(25-4)17-12-21(2,24)9-7-15(17)14(16)8-10-22(18,19)3/h14-20,24H,5-12H2,1-4H3/t14-,15-,16-,17-,18-,19+,20-,21-,22-/m1/s1. The Bertz CT molecular complexity index is 541. The molecule has 4 saturated carbocycles. The van der Waals surface area contributed by atoms with Gasteiger partial charge < -0.3 is 9.84 Å². The van der Waals surface area contributed by atoms with E-state index in [2.05, 4.69) is 6.92 Å².